The van der Waals surface area contributed by atoms with Crippen LogP contribution in [0.2, 0.25) is 0 Å². The molecule has 2 aromatic rings. The van der Waals surface area contributed by atoms with Gasteiger partial charge >= 0.3 is 0 Å². The first-order valence-electron chi connectivity index (χ1n) is 6.55. The first-order chi connectivity index (χ1) is 8.63. The highest BCUT2D eigenvalue weighted by atomic mass is 127. The molecule has 1 aromatic carbocycles. The van der Waals surface area contributed by atoms with Crippen LogP contribution >= 0.6 is 22.6 Å². The van der Waals surface area contributed by atoms with Crippen molar-refractivity contribution >= 4 is 39.6 Å². The summed E-state index contributed by atoms with van der Waals surface area (Å²) in [5.74, 6) is 0.661. The quantitative estimate of drug-likeness (QED) is 0.848. The summed E-state index contributed by atoms with van der Waals surface area (Å²) in [7, 11) is 0. The van der Waals surface area contributed by atoms with Crippen molar-refractivity contribution in [3.63, 3.8) is 0 Å². The molecule has 3 nitrogen and oxygen atoms in total. The fourth-order valence-corrected chi connectivity index (χ4v) is 3.29. The molecule has 3 rings (SSSR count). The van der Waals surface area contributed by atoms with E-state index in [4.69, 9.17) is 5.73 Å². The highest BCUT2D eigenvalue weighted by molar-refractivity contribution is 14.1. The smallest absolute Gasteiger partial charge is 0.201 e. The lowest BCUT2D eigenvalue weighted by atomic mass is 10.0. The zero-order valence-corrected chi connectivity index (χ0v) is 12.8. The van der Waals surface area contributed by atoms with Crippen molar-refractivity contribution in [3.05, 3.63) is 21.8 Å². The number of halogens is 1. The van der Waals surface area contributed by atoms with E-state index in [1.54, 1.807) is 0 Å². The van der Waals surface area contributed by atoms with Crippen LogP contribution in [0, 0.1) is 8.99 Å². The van der Waals surface area contributed by atoms with Gasteiger partial charge in [-0.2, -0.15) is 0 Å². The number of aromatic nitrogens is 2. The summed E-state index contributed by atoms with van der Waals surface area (Å²) in [6.45, 7) is 3.29. The van der Waals surface area contributed by atoms with Gasteiger partial charge in [0.25, 0.3) is 0 Å². The molecule has 0 spiro atoms. The van der Waals surface area contributed by atoms with Crippen molar-refractivity contribution < 1.29 is 0 Å². The number of nitrogens with zero attached hydrogens (tertiary/aromatic N) is 2. The summed E-state index contributed by atoms with van der Waals surface area (Å²) in [5, 5.41) is 0. The Morgan fingerprint density at radius 1 is 1.44 bits per heavy atom. The van der Waals surface area contributed by atoms with Gasteiger partial charge in [0.05, 0.1) is 11.0 Å². The number of hydrogen-bond donors (Lipinski definition) is 1. The van der Waals surface area contributed by atoms with E-state index in [-0.39, 0.29) is 0 Å². The highest BCUT2D eigenvalue weighted by Crippen LogP contribution is 2.51. The topological polar surface area (TPSA) is 43.8 Å². The third kappa shape index (κ3) is 2.11. The van der Waals surface area contributed by atoms with Gasteiger partial charge < -0.3 is 10.3 Å². The van der Waals surface area contributed by atoms with Crippen LogP contribution in [-0.2, 0) is 6.54 Å². The Morgan fingerprint density at radius 2 is 2.22 bits per heavy atom. The summed E-state index contributed by atoms with van der Waals surface area (Å²) < 4.78 is 3.41. The molecule has 0 radical (unpaired) electrons. The summed E-state index contributed by atoms with van der Waals surface area (Å²) in [6.07, 6.45) is 5.23. The Morgan fingerprint density at radius 3 is 2.89 bits per heavy atom. The number of anilines is 1. The fraction of sp³-hybridized carbons (Fsp3) is 0.500. The number of fused-ring (bicyclic) bond motifs is 1. The second-order valence-corrected chi connectivity index (χ2v) is 6.68. The molecule has 1 fully saturated rings. The molecular weight excluding hydrogens is 337 g/mol. The molecule has 0 amide bonds. The van der Waals surface area contributed by atoms with Crippen LogP contribution in [-0.4, -0.2) is 9.55 Å². The van der Waals surface area contributed by atoms with Crippen LogP contribution in [0.1, 0.15) is 32.6 Å². The Labute approximate surface area is 121 Å². The number of nitrogens with two attached hydrogens (primary N) is 1. The molecule has 0 unspecified atom stereocenters. The van der Waals surface area contributed by atoms with Gasteiger partial charge in [0.15, 0.2) is 0 Å². The van der Waals surface area contributed by atoms with E-state index in [0.29, 0.717) is 11.4 Å². The second-order valence-electron chi connectivity index (χ2n) is 5.44. The van der Waals surface area contributed by atoms with Crippen molar-refractivity contribution in [2.24, 2.45) is 5.41 Å². The van der Waals surface area contributed by atoms with E-state index in [9.17, 15) is 0 Å². The zero-order chi connectivity index (χ0) is 12.8. The number of rotatable bonds is 4. The standard InChI is InChI=1S/C14H18IN3/c1-2-5-14(6-7-14)9-18-12-4-3-10(15)8-11(12)17-13(18)16/h3-4,8H,2,5-7,9H2,1H3,(H2,16,17). The normalized spacial score (nSPS) is 17.2. The Balaban J connectivity index is 1.99. The van der Waals surface area contributed by atoms with Gasteiger partial charge in [0.1, 0.15) is 0 Å². The molecule has 0 aliphatic heterocycles. The van der Waals surface area contributed by atoms with Gasteiger partial charge in [-0.15, -0.1) is 0 Å². The second kappa shape index (κ2) is 4.40. The Kier molecular flexibility index (Phi) is 3.00. The highest BCUT2D eigenvalue weighted by Gasteiger charge is 2.42. The van der Waals surface area contributed by atoms with Gasteiger partial charge in [-0.25, -0.2) is 4.98 Å². The first-order valence-corrected chi connectivity index (χ1v) is 7.63. The van der Waals surface area contributed by atoms with E-state index >= 15 is 0 Å². The van der Waals surface area contributed by atoms with Crippen molar-refractivity contribution in [3.8, 4) is 0 Å². The molecule has 96 valence electrons. The maximum absolute atomic E-state index is 6.08. The van der Waals surface area contributed by atoms with Crippen LogP contribution < -0.4 is 5.73 Å². The molecule has 2 N–H and O–H groups in total. The van der Waals surface area contributed by atoms with Crippen LogP contribution in [0.4, 0.5) is 5.95 Å². The Hall–Kier alpha value is -0.780. The molecule has 1 heterocycles. The third-order valence-electron chi connectivity index (χ3n) is 3.97. The van der Waals surface area contributed by atoms with Gasteiger partial charge in [-0.05, 0) is 65.5 Å². The molecule has 1 saturated carbocycles. The minimum atomic E-state index is 0.500. The summed E-state index contributed by atoms with van der Waals surface area (Å²) in [4.78, 5) is 4.48. The van der Waals surface area contributed by atoms with E-state index < -0.39 is 0 Å². The van der Waals surface area contributed by atoms with Gasteiger partial charge in [0.2, 0.25) is 5.95 Å². The van der Waals surface area contributed by atoms with E-state index in [1.165, 1.54) is 34.8 Å². The molecule has 0 atom stereocenters. The number of imidazole rings is 1. The Bertz CT molecular complexity index is 584. The largest absolute Gasteiger partial charge is 0.369 e. The number of hydrogen-bond acceptors (Lipinski definition) is 2. The van der Waals surface area contributed by atoms with Crippen LogP contribution in [0.15, 0.2) is 18.2 Å². The monoisotopic (exact) mass is 355 g/mol. The van der Waals surface area contributed by atoms with Crippen molar-refractivity contribution in [2.45, 2.75) is 39.2 Å². The summed E-state index contributed by atoms with van der Waals surface area (Å²) in [5.41, 5.74) is 8.78. The molecule has 0 saturated heterocycles. The molecule has 0 bridgehead atoms. The predicted octanol–water partition coefficient (Wildman–Crippen LogP) is 3.80. The molecule has 1 aromatic heterocycles. The molecule has 18 heavy (non-hydrogen) atoms. The molecule has 1 aliphatic carbocycles. The average Bonchev–Trinajstić information content (AvgIpc) is 3.00. The lowest BCUT2D eigenvalue weighted by Gasteiger charge is -2.16. The zero-order valence-electron chi connectivity index (χ0n) is 10.6. The lowest BCUT2D eigenvalue weighted by Crippen LogP contribution is -2.13. The van der Waals surface area contributed by atoms with Gasteiger partial charge in [-0.1, -0.05) is 13.3 Å². The first kappa shape index (κ1) is 12.3. The maximum Gasteiger partial charge on any atom is 0.201 e. The SMILES string of the molecule is CCCC1(Cn2c(N)nc3cc(I)ccc32)CC1. The van der Waals surface area contributed by atoms with Crippen LogP contribution in [0.3, 0.4) is 0 Å². The minimum Gasteiger partial charge on any atom is -0.369 e. The van der Waals surface area contributed by atoms with Gasteiger partial charge in [0, 0.05) is 10.1 Å². The molecule has 1 aliphatic rings. The van der Waals surface area contributed by atoms with Crippen molar-refractivity contribution in [2.75, 3.05) is 5.73 Å². The number of nitrogen functional groups attached to an aromatic ring is 1. The summed E-state index contributed by atoms with van der Waals surface area (Å²) in [6, 6.07) is 6.37. The lowest BCUT2D eigenvalue weighted by molar-refractivity contribution is 0.396. The van der Waals surface area contributed by atoms with Crippen molar-refractivity contribution in [1.29, 1.82) is 0 Å². The average molecular weight is 355 g/mol. The molecular formula is C14H18IN3. The van der Waals surface area contributed by atoms with E-state index in [2.05, 4.69) is 57.3 Å². The van der Waals surface area contributed by atoms with Crippen LogP contribution in [0.5, 0.6) is 0 Å². The van der Waals surface area contributed by atoms with E-state index in [1.807, 2.05) is 0 Å². The maximum atomic E-state index is 6.08. The molecule has 4 heteroatoms. The predicted molar refractivity (Wildman–Crippen MR) is 83.4 cm³/mol. The van der Waals surface area contributed by atoms with Gasteiger partial charge in [-0.3, -0.25) is 0 Å². The van der Waals surface area contributed by atoms with Crippen molar-refractivity contribution in [1.82, 2.24) is 9.55 Å². The fourth-order valence-electron chi connectivity index (χ4n) is 2.82. The third-order valence-corrected chi connectivity index (χ3v) is 4.64. The summed E-state index contributed by atoms with van der Waals surface area (Å²) >= 11 is 2.31. The minimum absolute atomic E-state index is 0.500. The number of benzene rings is 1. The van der Waals surface area contributed by atoms with Crippen LogP contribution in [0.25, 0.3) is 11.0 Å². The van der Waals surface area contributed by atoms with E-state index in [0.717, 1.165) is 12.1 Å².